The third kappa shape index (κ3) is 9.83. The van der Waals surface area contributed by atoms with Gasteiger partial charge in [0.1, 0.15) is 0 Å². The molecular weight excluding hydrogens is 240 g/mol. The molecular formula is C20H32. The summed E-state index contributed by atoms with van der Waals surface area (Å²) in [6.07, 6.45) is 19.8. The van der Waals surface area contributed by atoms with Crippen LogP contribution in [0.2, 0.25) is 0 Å². The number of hydrogen-bond donors (Lipinski definition) is 0. The third-order valence-electron chi connectivity index (χ3n) is 3.84. The molecule has 0 radical (unpaired) electrons. The summed E-state index contributed by atoms with van der Waals surface area (Å²) in [5, 5.41) is 0. The zero-order valence-electron chi connectivity index (χ0n) is 13.3. The minimum Gasteiger partial charge on any atom is -0.0882 e. The van der Waals surface area contributed by atoms with E-state index in [1.807, 2.05) is 0 Å². The van der Waals surface area contributed by atoms with E-state index in [-0.39, 0.29) is 0 Å². The molecule has 0 aliphatic rings. The first-order valence-electron chi connectivity index (χ1n) is 8.62. The lowest BCUT2D eigenvalue weighted by molar-refractivity contribution is 0.566. The maximum Gasteiger partial charge on any atom is -0.00975 e. The third-order valence-corrected chi connectivity index (χ3v) is 3.84. The zero-order chi connectivity index (χ0) is 14.3. The lowest BCUT2D eigenvalue weighted by atomic mass is 10.1. The molecule has 0 bridgehead atoms. The van der Waals surface area contributed by atoms with Crippen molar-refractivity contribution in [3.63, 3.8) is 0 Å². The molecule has 112 valence electrons. The van der Waals surface area contributed by atoms with Crippen molar-refractivity contribution in [2.24, 2.45) is 0 Å². The van der Waals surface area contributed by atoms with E-state index in [4.69, 9.17) is 0 Å². The molecule has 1 aromatic carbocycles. The monoisotopic (exact) mass is 272 g/mol. The Balaban J connectivity index is 1.85. The van der Waals surface area contributed by atoms with Crippen molar-refractivity contribution in [3.8, 4) is 0 Å². The molecule has 0 saturated heterocycles. The molecule has 0 aliphatic carbocycles. The highest BCUT2D eigenvalue weighted by molar-refractivity contribution is 5.17. The SMILES string of the molecule is CCCCCCCCCCCC=CCc1ccccc1. The van der Waals surface area contributed by atoms with Gasteiger partial charge in [-0.2, -0.15) is 0 Å². The van der Waals surface area contributed by atoms with E-state index >= 15 is 0 Å². The molecule has 0 N–H and O–H groups in total. The first-order chi connectivity index (χ1) is 9.93. The van der Waals surface area contributed by atoms with Crippen molar-refractivity contribution in [1.29, 1.82) is 0 Å². The maximum atomic E-state index is 2.36. The molecule has 20 heavy (non-hydrogen) atoms. The minimum atomic E-state index is 1.08. The topological polar surface area (TPSA) is 0 Å². The number of rotatable bonds is 12. The quantitative estimate of drug-likeness (QED) is 0.293. The van der Waals surface area contributed by atoms with E-state index in [9.17, 15) is 0 Å². The van der Waals surface area contributed by atoms with Gasteiger partial charge in [0.05, 0.1) is 0 Å². The molecule has 0 aliphatic heterocycles. The average molecular weight is 272 g/mol. The summed E-state index contributed by atoms with van der Waals surface area (Å²) >= 11 is 0. The zero-order valence-corrected chi connectivity index (χ0v) is 13.3. The Morgan fingerprint density at radius 2 is 1.30 bits per heavy atom. The number of unbranched alkanes of at least 4 members (excludes halogenated alkanes) is 9. The molecule has 0 heterocycles. The lowest BCUT2D eigenvalue weighted by Gasteiger charge is -2.00. The molecule has 0 nitrogen and oxygen atoms in total. The van der Waals surface area contributed by atoms with Crippen molar-refractivity contribution in [3.05, 3.63) is 48.0 Å². The van der Waals surface area contributed by atoms with Crippen molar-refractivity contribution in [1.82, 2.24) is 0 Å². The van der Waals surface area contributed by atoms with Crippen molar-refractivity contribution < 1.29 is 0 Å². The van der Waals surface area contributed by atoms with Gasteiger partial charge in [-0.15, -0.1) is 0 Å². The van der Waals surface area contributed by atoms with Gasteiger partial charge >= 0.3 is 0 Å². The second kappa shape index (κ2) is 13.0. The van der Waals surface area contributed by atoms with Crippen LogP contribution in [0.4, 0.5) is 0 Å². The van der Waals surface area contributed by atoms with E-state index in [2.05, 4.69) is 49.4 Å². The van der Waals surface area contributed by atoms with Gasteiger partial charge in [0, 0.05) is 0 Å². The highest BCUT2D eigenvalue weighted by Crippen LogP contribution is 2.10. The minimum absolute atomic E-state index is 1.08. The van der Waals surface area contributed by atoms with Crippen LogP contribution >= 0.6 is 0 Å². The molecule has 0 unspecified atom stereocenters. The molecule has 0 heteroatoms. The van der Waals surface area contributed by atoms with Crippen LogP contribution in [0.1, 0.15) is 76.7 Å². The van der Waals surface area contributed by atoms with E-state index in [1.54, 1.807) is 0 Å². The van der Waals surface area contributed by atoms with Gasteiger partial charge in [0.15, 0.2) is 0 Å². The van der Waals surface area contributed by atoms with Crippen LogP contribution in [0.15, 0.2) is 42.5 Å². The molecule has 1 aromatic rings. The first kappa shape index (κ1) is 17.0. The van der Waals surface area contributed by atoms with Crippen LogP contribution in [-0.4, -0.2) is 0 Å². The van der Waals surface area contributed by atoms with Crippen LogP contribution in [-0.2, 0) is 6.42 Å². The van der Waals surface area contributed by atoms with Crippen LogP contribution in [0.5, 0.6) is 0 Å². The van der Waals surface area contributed by atoms with Gasteiger partial charge in [-0.3, -0.25) is 0 Å². The smallest absolute Gasteiger partial charge is 0.00975 e. The average Bonchev–Trinajstić information content (AvgIpc) is 2.49. The summed E-state index contributed by atoms with van der Waals surface area (Å²) in [6, 6.07) is 10.7. The van der Waals surface area contributed by atoms with E-state index in [0.717, 1.165) is 6.42 Å². The molecule has 0 amide bonds. The summed E-state index contributed by atoms with van der Waals surface area (Å²) < 4.78 is 0. The largest absolute Gasteiger partial charge is 0.0882 e. The van der Waals surface area contributed by atoms with Crippen LogP contribution < -0.4 is 0 Å². The fourth-order valence-electron chi connectivity index (χ4n) is 2.52. The Hall–Kier alpha value is -1.04. The van der Waals surface area contributed by atoms with E-state index in [0.29, 0.717) is 0 Å². The second-order valence-corrected chi connectivity index (χ2v) is 5.78. The van der Waals surface area contributed by atoms with Gasteiger partial charge in [-0.1, -0.05) is 101 Å². The van der Waals surface area contributed by atoms with Gasteiger partial charge < -0.3 is 0 Å². The van der Waals surface area contributed by atoms with Crippen LogP contribution in [0.25, 0.3) is 0 Å². The second-order valence-electron chi connectivity index (χ2n) is 5.78. The molecule has 0 fully saturated rings. The Morgan fingerprint density at radius 3 is 1.95 bits per heavy atom. The number of benzene rings is 1. The molecule has 0 atom stereocenters. The number of allylic oxidation sites excluding steroid dienone is 2. The Morgan fingerprint density at radius 1 is 0.700 bits per heavy atom. The van der Waals surface area contributed by atoms with E-state index in [1.165, 1.54) is 69.8 Å². The Kier molecular flexibility index (Phi) is 11.0. The maximum absolute atomic E-state index is 2.36. The van der Waals surface area contributed by atoms with E-state index < -0.39 is 0 Å². The van der Waals surface area contributed by atoms with Gasteiger partial charge in [-0.25, -0.2) is 0 Å². The standard InChI is InChI=1S/C20H32/c1-2-3-4-5-6-7-8-9-10-11-12-14-17-20-18-15-13-16-19-20/h12-16,18-19H,2-11,17H2,1H3. The normalized spacial score (nSPS) is 11.2. The molecule has 0 aromatic heterocycles. The fourth-order valence-corrected chi connectivity index (χ4v) is 2.52. The van der Waals surface area contributed by atoms with Crippen molar-refractivity contribution >= 4 is 0 Å². The van der Waals surface area contributed by atoms with Crippen molar-refractivity contribution in [2.45, 2.75) is 77.6 Å². The Bertz CT molecular complexity index is 323. The predicted octanol–water partition coefficient (Wildman–Crippen LogP) is 6.71. The fraction of sp³-hybridized carbons (Fsp3) is 0.600. The van der Waals surface area contributed by atoms with Crippen LogP contribution in [0, 0.1) is 0 Å². The summed E-state index contributed by atoms with van der Waals surface area (Å²) in [7, 11) is 0. The summed E-state index contributed by atoms with van der Waals surface area (Å²) in [5.41, 5.74) is 1.41. The van der Waals surface area contributed by atoms with Gasteiger partial charge in [0.25, 0.3) is 0 Å². The van der Waals surface area contributed by atoms with Gasteiger partial charge in [-0.05, 0) is 24.8 Å². The lowest BCUT2D eigenvalue weighted by Crippen LogP contribution is -1.81. The van der Waals surface area contributed by atoms with Gasteiger partial charge in [0.2, 0.25) is 0 Å². The van der Waals surface area contributed by atoms with Crippen LogP contribution in [0.3, 0.4) is 0 Å². The number of hydrogen-bond acceptors (Lipinski definition) is 0. The summed E-state index contributed by atoms with van der Waals surface area (Å²) in [4.78, 5) is 0. The Labute approximate surface area is 126 Å². The molecule has 0 spiro atoms. The van der Waals surface area contributed by atoms with Crippen molar-refractivity contribution in [2.75, 3.05) is 0 Å². The summed E-state index contributed by atoms with van der Waals surface area (Å²) in [6.45, 7) is 2.28. The summed E-state index contributed by atoms with van der Waals surface area (Å²) in [5.74, 6) is 0. The highest BCUT2D eigenvalue weighted by atomic mass is 14.0. The molecule has 1 rings (SSSR count). The molecule has 0 saturated carbocycles. The first-order valence-corrected chi connectivity index (χ1v) is 8.62. The highest BCUT2D eigenvalue weighted by Gasteiger charge is 1.91. The predicted molar refractivity (Wildman–Crippen MR) is 91.1 cm³/mol.